The molecule has 1 aromatic heterocycles. The van der Waals surface area contributed by atoms with Crippen molar-refractivity contribution in [3.63, 3.8) is 0 Å². The van der Waals surface area contributed by atoms with Crippen LogP contribution in [0.25, 0.3) is 0 Å². The second kappa shape index (κ2) is 14.9. The lowest BCUT2D eigenvalue weighted by Gasteiger charge is -2.72. The zero-order valence-electron chi connectivity index (χ0n) is 36.8. The monoisotopic (exact) mass is 795 g/mol. The van der Waals surface area contributed by atoms with Crippen LogP contribution in [0.3, 0.4) is 0 Å². The molecule has 1 heterocycles. The van der Waals surface area contributed by atoms with Gasteiger partial charge in [0.05, 0.1) is 17.9 Å². The van der Waals surface area contributed by atoms with Gasteiger partial charge < -0.3 is 29.2 Å². The van der Waals surface area contributed by atoms with Crippen LogP contribution >= 0.6 is 0 Å². The lowest BCUT2D eigenvalue weighted by Crippen LogP contribution is -2.66. The third-order valence-corrected chi connectivity index (χ3v) is 16.7. The maximum absolute atomic E-state index is 14.3. The minimum absolute atomic E-state index is 0.00290. The summed E-state index contributed by atoms with van der Waals surface area (Å²) in [5.74, 6) is -0.663. The van der Waals surface area contributed by atoms with Crippen LogP contribution in [0, 0.1) is 63.1 Å². The zero-order chi connectivity index (χ0) is 42.3. The molecule has 0 aliphatic heterocycles. The summed E-state index contributed by atoms with van der Waals surface area (Å²) in [6, 6.07) is 0. The molecule has 318 valence electrons. The molecule has 5 aliphatic rings. The number of aliphatic hydroxyl groups excluding tert-OH is 1. The van der Waals surface area contributed by atoms with Gasteiger partial charge in [0.15, 0.2) is 5.78 Å². The number of carbonyl (C=O) groups is 4. The van der Waals surface area contributed by atoms with Gasteiger partial charge in [-0.15, -0.1) is 10.2 Å². The number of aliphatic hydroxyl groups is 1. The SMILES string of the molecule is Cc1nnc(C(=O)N(CCN(C)C)CC(O)C23CC[C@]4(C)[C@H](CC[C@@H]5[C@@]6(C)CC[C@H](OC(=O)CC(C)(C)C(=O)O)C(C)(C)[C@@H]6CC[C@]54C)C2=C(C(C)C)C(=O)C3)o1. The van der Waals surface area contributed by atoms with Gasteiger partial charge in [0, 0.05) is 43.8 Å². The number of hydrogen-bond acceptors (Lipinski definition) is 10. The molecular formula is C45H70N4O8. The maximum Gasteiger partial charge on any atom is 0.311 e. The normalized spacial score (nSPS) is 35.3. The van der Waals surface area contributed by atoms with E-state index in [1.54, 1.807) is 25.7 Å². The highest BCUT2D eigenvalue weighted by Crippen LogP contribution is 2.77. The number of ether oxygens (including phenoxy) is 1. The molecule has 4 saturated carbocycles. The molecule has 12 heteroatoms. The highest BCUT2D eigenvalue weighted by molar-refractivity contribution is 6.01. The lowest BCUT2D eigenvalue weighted by atomic mass is 9.33. The van der Waals surface area contributed by atoms with Crippen LogP contribution in [0.1, 0.15) is 143 Å². The second-order valence-corrected chi connectivity index (χ2v) is 21.3. The molecule has 57 heavy (non-hydrogen) atoms. The summed E-state index contributed by atoms with van der Waals surface area (Å²) in [5.41, 5.74) is -0.343. The van der Waals surface area contributed by atoms with Crippen LogP contribution in [-0.4, -0.2) is 99.8 Å². The highest BCUT2D eigenvalue weighted by atomic mass is 16.5. The van der Waals surface area contributed by atoms with Crippen LogP contribution in [0.5, 0.6) is 0 Å². The van der Waals surface area contributed by atoms with Gasteiger partial charge in [0.1, 0.15) is 6.10 Å². The van der Waals surface area contributed by atoms with Gasteiger partial charge in [0.2, 0.25) is 5.89 Å². The molecule has 0 aromatic carbocycles. The van der Waals surface area contributed by atoms with Crippen LogP contribution in [0.4, 0.5) is 0 Å². The van der Waals surface area contributed by atoms with Crippen molar-refractivity contribution >= 4 is 23.6 Å². The van der Waals surface area contributed by atoms with E-state index in [1.165, 1.54) is 0 Å². The first-order chi connectivity index (χ1) is 26.4. The molecule has 0 spiro atoms. The predicted octanol–water partition coefficient (Wildman–Crippen LogP) is 7.14. The number of allylic oxidation sites excluding steroid dienone is 1. The first-order valence-electron chi connectivity index (χ1n) is 21.5. The number of aromatic nitrogens is 2. The largest absolute Gasteiger partial charge is 0.481 e. The number of aryl methyl sites for hydroxylation is 1. The van der Waals surface area contributed by atoms with Crippen LogP contribution < -0.4 is 0 Å². The fourth-order valence-electron chi connectivity index (χ4n) is 13.4. The topological polar surface area (TPSA) is 163 Å². The molecule has 0 radical (unpaired) electrons. The van der Waals surface area contributed by atoms with E-state index in [0.717, 1.165) is 56.1 Å². The first kappa shape index (κ1) is 43.5. The molecule has 4 fully saturated rings. The van der Waals surface area contributed by atoms with E-state index < -0.39 is 34.8 Å². The number of hydrogen-bond donors (Lipinski definition) is 2. The van der Waals surface area contributed by atoms with E-state index in [2.05, 4.69) is 58.7 Å². The van der Waals surface area contributed by atoms with Crippen molar-refractivity contribution < 1.29 is 38.5 Å². The number of aliphatic carboxylic acids is 1. The Morgan fingerprint density at radius 1 is 0.930 bits per heavy atom. The molecular weight excluding hydrogens is 725 g/mol. The standard InChI is InChI=1S/C45H70N4O8/c1-26(2)35-29(50)23-45(32(51)25-49(22-21-48(11)12)38(53)37-47-46-27(3)56-37)20-19-43(9)28(36(35)45)13-14-31-42(8)17-16-33(57-34(52)24-40(4,5)39(54)55)41(6,7)30(42)15-18-44(31,43)10/h26,28,30-33,51H,13-25H2,1-12H3,(H,54,55)/t28-,30+,31-,32?,33+,42+,43-,44-,45?/m1/s1. The number of ketones is 1. The van der Waals surface area contributed by atoms with Gasteiger partial charge in [0.25, 0.3) is 0 Å². The van der Waals surface area contributed by atoms with Crippen LogP contribution in [0.15, 0.2) is 15.6 Å². The molecule has 12 nitrogen and oxygen atoms in total. The predicted molar refractivity (Wildman–Crippen MR) is 215 cm³/mol. The number of carbonyl (C=O) groups excluding carboxylic acids is 3. The Morgan fingerprint density at radius 3 is 2.21 bits per heavy atom. The molecule has 1 aromatic rings. The third-order valence-electron chi connectivity index (χ3n) is 16.7. The minimum atomic E-state index is -1.19. The van der Waals surface area contributed by atoms with Crippen LogP contribution in [0.2, 0.25) is 0 Å². The summed E-state index contributed by atoms with van der Waals surface area (Å²) in [7, 11) is 3.89. The molecule has 0 saturated heterocycles. The number of nitrogens with zero attached hydrogens (tertiary/aromatic N) is 4. The number of esters is 1. The Kier molecular flexibility index (Phi) is 11.3. The number of carboxylic acid groups (broad SMARTS) is 1. The van der Waals surface area contributed by atoms with Gasteiger partial charge in [-0.05, 0) is 125 Å². The number of rotatable bonds is 12. The van der Waals surface area contributed by atoms with E-state index in [9.17, 15) is 29.4 Å². The van der Waals surface area contributed by atoms with Gasteiger partial charge in [-0.3, -0.25) is 19.2 Å². The number of carboxylic acids is 1. The van der Waals surface area contributed by atoms with E-state index in [1.807, 2.05) is 19.0 Å². The summed E-state index contributed by atoms with van der Waals surface area (Å²) in [6.45, 7) is 22.0. The Hall–Kier alpha value is -3.12. The van der Waals surface area contributed by atoms with Gasteiger partial charge in [-0.25, -0.2) is 0 Å². The van der Waals surface area contributed by atoms with E-state index in [4.69, 9.17) is 9.15 Å². The van der Waals surface area contributed by atoms with Crippen molar-refractivity contribution in [1.82, 2.24) is 20.0 Å². The highest BCUT2D eigenvalue weighted by Gasteiger charge is 2.71. The van der Waals surface area contributed by atoms with Gasteiger partial charge in [-0.1, -0.05) is 54.0 Å². The maximum atomic E-state index is 14.3. The molecule has 2 unspecified atom stereocenters. The van der Waals surface area contributed by atoms with Crippen molar-refractivity contribution in [1.29, 1.82) is 0 Å². The molecule has 1 amide bonds. The Morgan fingerprint density at radius 2 is 1.61 bits per heavy atom. The van der Waals surface area contributed by atoms with E-state index in [-0.39, 0.29) is 70.7 Å². The Balaban J connectivity index is 1.30. The summed E-state index contributed by atoms with van der Waals surface area (Å²) >= 11 is 0. The average Bonchev–Trinajstić information content (AvgIpc) is 3.68. The number of amides is 1. The van der Waals surface area contributed by atoms with Crippen molar-refractivity contribution in [2.45, 2.75) is 146 Å². The second-order valence-electron chi connectivity index (χ2n) is 21.3. The summed E-state index contributed by atoms with van der Waals surface area (Å²) in [6.07, 6.45) is 6.04. The lowest BCUT2D eigenvalue weighted by molar-refractivity contribution is -0.235. The summed E-state index contributed by atoms with van der Waals surface area (Å²) < 4.78 is 11.7. The molecule has 9 atom stereocenters. The Bertz CT molecular complexity index is 1800. The minimum Gasteiger partial charge on any atom is -0.481 e. The average molecular weight is 795 g/mol. The van der Waals surface area contributed by atoms with Crippen molar-refractivity contribution in [2.24, 2.45) is 56.2 Å². The molecule has 6 rings (SSSR count). The molecule has 2 N–H and O–H groups in total. The summed E-state index contributed by atoms with van der Waals surface area (Å²) in [4.78, 5) is 56.6. The molecule has 0 bridgehead atoms. The number of Topliss-reactive ketones (excluding diaryl/α,β-unsaturated/α-hetero) is 1. The number of fused-ring (bicyclic) bond motifs is 7. The van der Waals surface area contributed by atoms with Gasteiger partial charge >= 0.3 is 23.7 Å². The zero-order valence-corrected chi connectivity index (χ0v) is 36.8. The smallest absolute Gasteiger partial charge is 0.311 e. The van der Waals surface area contributed by atoms with Crippen LogP contribution in [-0.2, 0) is 19.1 Å². The van der Waals surface area contributed by atoms with Crippen molar-refractivity contribution in [3.05, 3.63) is 22.9 Å². The van der Waals surface area contributed by atoms with Crippen molar-refractivity contribution in [2.75, 3.05) is 33.7 Å². The summed E-state index contributed by atoms with van der Waals surface area (Å²) in [5, 5.41) is 30.1. The fraction of sp³-hybridized carbons (Fsp3) is 0.822. The Labute approximate surface area is 339 Å². The van der Waals surface area contributed by atoms with Gasteiger partial charge in [-0.2, -0.15) is 0 Å². The quantitative estimate of drug-likeness (QED) is 0.207. The first-order valence-corrected chi connectivity index (χ1v) is 21.5. The van der Waals surface area contributed by atoms with E-state index in [0.29, 0.717) is 37.2 Å². The number of likely N-dealkylation sites (N-methyl/N-ethyl adjacent to an activating group) is 1. The van der Waals surface area contributed by atoms with Crippen molar-refractivity contribution in [3.8, 4) is 0 Å². The fourth-order valence-corrected chi connectivity index (χ4v) is 13.4. The third kappa shape index (κ3) is 7.00. The van der Waals surface area contributed by atoms with E-state index >= 15 is 0 Å². The molecule has 5 aliphatic carbocycles.